The monoisotopic (exact) mass is 270 g/mol. The number of ether oxygens (including phenoxy) is 1. The summed E-state index contributed by atoms with van der Waals surface area (Å²) in [6.07, 6.45) is 2.79. The fraction of sp³-hybridized carbons (Fsp3) is 0.933. The van der Waals surface area contributed by atoms with Crippen LogP contribution in [0.5, 0.6) is 0 Å². The van der Waals surface area contributed by atoms with E-state index in [4.69, 9.17) is 4.74 Å². The molecule has 1 heterocycles. The van der Waals surface area contributed by atoms with E-state index in [1.54, 1.807) is 0 Å². The Morgan fingerprint density at radius 3 is 2.63 bits per heavy atom. The van der Waals surface area contributed by atoms with Crippen LogP contribution in [-0.4, -0.2) is 49.2 Å². The van der Waals surface area contributed by atoms with Gasteiger partial charge in [-0.25, -0.2) is 0 Å². The minimum atomic E-state index is -0.468. The van der Waals surface area contributed by atoms with Gasteiger partial charge in [-0.1, -0.05) is 20.8 Å². The van der Waals surface area contributed by atoms with Crippen molar-refractivity contribution in [2.75, 3.05) is 32.8 Å². The van der Waals surface area contributed by atoms with E-state index in [-0.39, 0.29) is 5.97 Å². The number of likely N-dealkylation sites (tertiary alicyclic amines) is 1. The van der Waals surface area contributed by atoms with Gasteiger partial charge in [0.1, 0.15) is 5.54 Å². The van der Waals surface area contributed by atoms with E-state index >= 15 is 0 Å². The molecule has 4 heteroatoms. The predicted octanol–water partition coefficient (Wildman–Crippen LogP) is 2.04. The molecule has 0 aliphatic carbocycles. The Bertz CT molecular complexity index is 281. The lowest BCUT2D eigenvalue weighted by Gasteiger charge is -2.32. The smallest absolute Gasteiger partial charge is 0.326 e. The average molecular weight is 270 g/mol. The van der Waals surface area contributed by atoms with Crippen molar-refractivity contribution in [3.8, 4) is 0 Å². The Labute approximate surface area is 117 Å². The van der Waals surface area contributed by atoms with E-state index in [0.29, 0.717) is 12.5 Å². The minimum Gasteiger partial charge on any atom is -0.465 e. The van der Waals surface area contributed by atoms with Gasteiger partial charge in [-0.2, -0.15) is 0 Å². The van der Waals surface area contributed by atoms with E-state index < -0.39 is 5.54 Å². The van der Waals surface area contributed by atoms with Crippen LogP contribution in [0.25, 0.3) is 0 Å². The topological polar surface area (TPSA) is 41.6 Å². The van der Waals surface area contributed by atoms with Crippen molar-refractivity contribution in [1.82, 2.24) is 10.2 Å². The van der Waals surface area contributed by atoms with E-state index in [0.717, 1.165) is 45.4 Å². The summed E-state index contributed by atoms with van der Waals surface area (Å²) >= 11 is 0. The van der Waals surface area contributed by atoms with Crippen molar-refractivity contribution in [1.29, 1.82) is 0 Å². The van der Waals surface area contributed by atoms with Crippen molar-refractivity contribution < 1.29 is 9.53 Å². The van der Waals surface area contributed by atoms with Gasteiger partial charge in [-0.3, -0.25) is 4.79 Å². The van der Waals surface area contributed by atoms with E-state index in [9.17, 15) is 4.79 Å². The second-order valence-corrected chi connectivity index (χ2v) is 5.87. The Balaban J connectivity index is 2.75. The van der Waals surface area contributed by atoms with Crippen LogP contribution in [0, 0.1) is 5.92 Å². The van der Waals surface area contributed by atoms with Gasteiger partial charge in [0.25, 0.3) is 0 Å². The molecule has 0 aromatic carbocycles. The quantitative estimate of drug-likeness (QED) is 0.750. The molecule has 0 aromatic heterocycles. The van der Waals surface area contributed by atoms with Crippen molar-refractivity contribution in [3.05, 3.63) is 0 Å². The standard InChI is InChI=1S/C15H30N2O2/c1-5-17-10-7-8-15(9-11-17,14(18)19-6-2)16-12-13(3)4/h13,16H,5-12H2,1-4H3. The number of nitrogens with one attached hydrogen (secondary N) is 1. The van der Waals surface area contributed by atoms with Crippen molar-refractivity contribution in [2.24, 2.45) is 5.92 Å². The zero-order valence-corrected chi connectivity index (χ0v) is 13.0. The second-order valence-electron chi connectivity index (χ2n) is 5.87. The fourth-order valence-electron chi connectivity index (χ4n) is 2.63. The minimum absolute atomic E-state index is 0.0615. The number of hydrogen-bond acceptors (Lipinski definition) is 4. The van der Waals surface area contributed by atoms with Crippen molar-refractivity contribution in [2.45, 2.75) is 52.5 Å². The van der Waals surface area contributed by atoms with Crippen LogP contribution in [-0.2, 0) is 9.53 Å². The Morgan fingerprint density at radius 2 is 2.05 bits per heavy atom. The molecule has 1 saturated heterocycles. The number of rotatable bonds is 6. The summed E-state index contributed by atoms with van der Waals surface area (Å²) in [5.41, 5.74) is -0.468. The third-order valence-corrected chi connectivity index (χ3v) is 3.89. The van der Waals surface area contributed by atoms with E-state index in [2.05, 4.69) is 31.0 Å². The number of carbonyl (C=O) groups is 1. The molecule has 0 saturated carbocycles. The number of esters is 1. The first-order valence-electron chi connectivity index (χ1n) is 7.68. The third-order valence-electron chi connectivity index (χ3n) is 3.89. The van der Waals surface area contributed by atoms with E-state index in [1.165, 1.54) is 0 Å². The summed E-state index contributed by atoms with van der Waals surface area (Å²) in [4.78, 5) is 14.8. The fourth-order valence-corrected chi connectivity index (χ4v) is 2.63. The summed E-state index contributed by atoms with van der Waals surface area (Å²) < 4.78 is 5.32. The molecule has 0 spiro atoms. The molecule has 112 valence electrons. The first-order valence-corrected chi connectivity index (χ1v) is 7.68. The zero-order chi connectivity index (χ0) is 14.3. The lowest BCUT2D eigenvalue weighted by Crippen LogP contribution is -2.54. The Morgan fingerprint density at radius 1 is 1.32 bits per heavy atom. The summed E-state index contributed by atoms with van der Waals surface area (Å²) in [7, 11) is 0. The van der Waals surface area contributed by atoms with E-state index in [1.807, 2.05) is 6.92 Å². The molecule has 0 radical (unpaired) electrons. The van der Waals surface area contributed by atoms with Crippen LogP contribution in [0.1, 0.15) is 47.0 Å². The van der Waals surface area contributed by atoms with Crippen LogP contribution in [0.2, 0.25) is 0 Å². The predicted molar refractivity (Wildman–Crippen MR) is 78.2 cm³/mol. The Hall–Kier alpha value is -0.610. The third kappa shape index (κ3) is 4.77. The lowest BCUT2D eigenvalue weighted by molar-refractivity contribution is -0.152. The van der Waals surface area contributed by atoms with Gasteiger partial charge in [-0.15, -0.1) is 0 Å². The molecule has 1 rings (SSSR count). The molecule has 4 nitrogen and oxygen atoms in total. The normalized spacial score (nSPS) is 25.3. The van der Waals surface area contributed by atoms with Gasteiger partial charge in [0.05, 0.1) is 6.61 Å². The maximum absolute atomic E-state index is 12.4. The van der Waals surface area contributed by atoms with Gasteiger partial charge in [0.15, 0.2) is 0 Å². The molecule has 0 amide bonds. The van der Waals surface area contributed by atoms with Crippen LogP contribution in [0.4, 0.5) is 0 Å². The molecule has 1 N–H and O–H groups in total. The average Bonchev–Trinajstić information content (AvgIpc) is 2.59. The SMILES string of the molecule is CCOC(=O)C1(NCC(C)C)CCCN(CC)CC1. The Kier molecular flexibility index (Phi) is 6.80. The summed E-state index contributed by atoms with van der Waals surface area (Å²) in [6, 6.07) is 0. The molecule has 1 unspecified atom stereocenters. The molecule has 0 bridgehead atoms. The van der Waals surface area contributed by atoms with Gasteiger partial charge < -0.3 is 15.0 Å². The molecule has 1 fully saturated rings. The van der Waals surface area contributed by atoms with Gasteiger partial charge >= 0.3 is 5.97 Å². The van der Waals surface area contributed by atoms with Crippen LogP contribution in [0.15, 0.2) is 0 Å². The number of carbonyl (C=O) groups excluding carboxylic acids is 1. The number of hydrogen-bond donors (Lipinski definition) is 1. The first kappa shape index (κ1) is 16.4. The highest BCUT2D eigenvalue weighted by molar-refractivity contribution is 5.81. The van der Waals surface area contributed by atoms with Crippen LogP contribution < -0.4 is 5.32 Å². The highest BCUT2D eigenvalue weighted by Crippen LogP contribution is 2.24. The maximum Gasteiger partial charge on any atom is 0.326 e. The second kappa shape index (κ2) is 7.85. The molecule has 19 heavy (non-hydrogen) atoms. The zero-order valence-electron chi connectivity index (χ0n) is 13.0. The van der Waals surface area contributed by atoms with Gasteiger partial charge in [0.2, 0.25) is 0 Å². The highest BCUT2D eigenvalue weighted by atomic mass is 16.5. The summed E-state index contributed by atoms with van der Waals surface area (Å²) in [5.74, 6) is 0.477. The summed E-state index contributed by atoms with van der Waals surface area (Å²) in [5, 5.41) is 3.50. The maximum atomic E-state index is 12.4. The molecule has 1 aliphatic rings. The number of nitrogens with zero attached hydrogens (tertiary/aromatic N) is 1. The van der Waals surface area contributed by atoms with Gasteiger partial charge in [0, 0.05) is 6.54 Å². The lowest BCUT2D eigenvalue weighted by atomic mass is 9.90. The molecular weight excluding hydrogens is 240 g/mol. The van der Waals surface area contributed by atoms with Crippen molar-refractivity contribution in [3.63, 3.8) is 0 Å². The molecule has 0 aromatic rings. The molecular formula is C15H30N2O2. The van der Waals surface area contributed by atoms with Crippen LogP contribution >= 0.6 is 0 Å². The van der Waals surface area contributed by atoms with Crippen molar-refractivity contribution >= 4 is 5.97 Å². The molecule has 1 aliphatic heterocycles. The summed E-state index contributed by atoms with van der Waals surface area (Å²) in [6.45, 7) is 12.8. The van der Waals surface area contributed by atoms with Gasteiger partial charge in [-0.05, 0) is 51.7 Å². The first-order chi connectivity index (χ1) is 9.04. The van der Waals surface area contributed by atoms with Crippen LogP contribution in [0.3, 0.4) is 0 Å². The highest BCUT2D eigenvalue weighted by Gasteiger charge is 2.40. The molecule has 1 atom stereocenters. The largest absolute Gasteiger partial charge is 0.465 e.